The molecule has 4 rings (SSSR count). The summed E-state index contributed by atoms with van der Waals surface area (Å²) < 4.78 is 5.25. The van der Waals surface area contributed by atoms with E-state index in [0.29, 0.717) is 11.8 Å². The molecule has 0 radical (unpaired) electrons. The molecular weight excluding hydrogens is 374 g/mol. The van der Waals surface area contributed by atoms with Crippen LogP contribution in [0.15, 0.2) is 42.6 Å². The molecule has 1 aliphatic rings. The zero-order valence-corrected chi connectivity index (χ0v) is 16.8. The van der Waals surface area contributed by atoms with Crippen LogP contribution in [0.25, 0.3) is 22.0 Å². The minimum absolute atomic E-state index is 0.0417. The summed E-state index contributed by atoms with van der Waals surface area (Å²) in [6, 6.07) is 12.2. The number of nitrogens with zero attached hydrogens (tertiary/aromatic N) is 2. The third-order valence-corrected chi connectivity index (χ3v) is 5.69. The van der Waals surface area contributed by atoms with Gasteiger partial charge in [0.05, 0.1) is 17.6 Å². The first kappa shape index (κ1) is 18.8. The Morgan fingerprint density at radius 2 is 1.93 bits per heavy atom. The topological polar surface area (TPSA) is 57.6 Å². The van der Waals surface area contributed by atoms with E-state index in [4.69, 9.17) is 16.3 Å². The van der Waals surface area contributed by atoms with Gasteiger partial charge in [0.15, 0.2) is 11.5 Å². The molecule has 2 aromatic carbocycles. The summed E-state index contributed by atoms with van der Waals surface area (Å²) in [5.41, 5.74) is 3.92. The number of hydrogen-bond donors (Lipinski definition) is 2. The molecule has 0 unspecified atom stereocenters. The molecule has 0 saturated carbocycles. The van der Waals surface area contributed by atoms with Crippen LogP contribution >= 0.6 is 11.6 Å². The number of methoxy groups -OCH3 is 1. The van der Waals surface area contributed by atoms with Gasteiger partial charge < -0.3 is 20.1 Å². The number of fused-ring (bicyclic) bond motifs is 1. The minimum atomic E-state index is -0.0417. The molecule has 1 saturated heterocycles. The maximum Gasteiger partial charge on any atom is 0.176 e. The zero-order valence-electron chi connectivity index (χ0n) is 16.1. The largest absolute Gasteiger partial charge is 0.503 e. The molecule has 1 fully saturated rings. The Hall–Kier alpha value is -2.50. The Kier molecular flexibility index (Phi) is 5.29. The van der Waals surface area contributed by atoms with Crippen LogP contribution in [0.4, 0.5) is 5.69 Å². The van der Waals surface area contributed by atoms with Crippen molar-refractivity contribution in [2.45, 2.75) is 18.9 Å². The number of ether oxygens (including phenoxy) is 1. The Labute approximate surface area is 169 Å². The molecule has 28 heavy (non-hydrogen) atoms. The van der Waals surface area contributed by atoms with Crippen LogP contribution in [0.2, 0.25) is 5.02 Å². The Bertz CT molecular complexity index is 1000. The van der Waals surface area contributed by atoms with Crippen LogP contribution in [0.1, 0.15) is 12.8 Å². The lowest BCUT2D eigenvalue weighted by molar-refractivity contribution is 0.264. The molecule has 6 heteroatoms. The molecule has 0 atom stereocenters. The second-order valence-electron chi connectivity index (χ2n) is 7.32. The van der Waals surface area contributed by atoms with Crippen molar-refractivity contribution in [1.82, 2.24) is 9.88 Å². The van der Waals surface area contributed by atoms with Crippen LogP contribution in [0.5, 0.6) is 11.5 Å². The Morgan fingerprint density at radius 3 is 2.68 bits per heavy atom. The highest BCUT2D eigenvalue weighted by atomic mass is 35.5. The van der Waals surface area contributed by atoms with E-state index in [-0.39, 0.29) is 10.8 Å². The number of nitrogens with one attached hydrogen (secondary N) is 1. The summed E-state index contributed by atoms with van der Waals surface area (Å²) in [6.45, 7) is 2.22. The highest BCUT2D eigenvalue weighted by Crippen LogP contribution is 2.39. The first-order valence-corrected chi connectivity index (χ1v) is 9.83. The van der Waals surface area contributed by atoms with Gasteiger partial charge in [-0.2, -0.15) is 0 Å². The van der Waals surface area contributed by atoms with Crippen molar-refractivity contribution in [1.29, 1.82) is 0 Å². The van der Waals surface area contributed by atoms with Gasteiger partial charge in [-0.05, 0) is 74.4 Å². The number of anilines is 1. The lowest BCUT2D eigenvalue weighted by Crippen LogP contribution is -2.36. The molecule has 5 nitrogen and oxygen atoms in total. The number of pyridine rings is 1. The quantitative estimate of drug-likeness (QED) is 0.663. The molecule has 146 valence electrons. The van der Waals surface area contributed by atoms with Crippen molar-refractivity contribution >= 4 is 28.2 Å². The lowest BCUT2D eigenvalue weighted by Gasteiger charge is -2.30. The van der Waals surface area contributed by atoms with E-state index >= 15 is 0 Å². The van der Waals surface area contributed by atoms with Gasteiger partial charge in [0.25, 0.3) is 0 Å². The number of likely N-dealkylation sites (tertiary alicyclic amines) is 1. The van der Waals surface area contributed by atoms with Gasteiger partial charge in [0, 0.05) is 23.3 Å². The van der Waals surface area contributed by atoms with E-state index in [1.54, 1.807) is 12.1 Å². The van der Waals surface area contributed by atoms with Crippen molar-refractivity contribution in [3.63, 3.8) is 0 Å². The average Bonchev–Trinajstić information content (AvgIpc) is 2.71. The first-order valence-electron chi connectivity index (χ1n) is 9.46. The number of piperidine rings is 1. The van der Waals surface area contributed by atoms with Gasteiger partial charge in [-0.3, -0.25) is 4.98 Å². The summed E-state index contributed by atoms with van der Waals surface area (Å²) >= 11 is 6.18. The predicted octanol–water partition coefficient (Wildman–Crippen LogP) is 4.78. The molecule has 2 N–H and O–H groups in total. The summed E-state index contributed by atoms with van der Waals surface area (Å²) in [4.78, 5) is 6.87. The summed E-state index contributed by atoms with van der Waals surface area (Å²) in [7, 11) is 3.69. The first-order chi connectivity index (χ1) is 13.5. The Balaban J connectivity index is 1.71. The Morgan fingerprint density at radius 1 is 1.14 bits per heavy atom. The van der Waals surface area contributed by atoms with Gasteiger partial charge in [-0.15, -0.1) is 0 Å². The molecule has 0 amide bonds. The van der Waals surface area contributed by atoms with Gasteiger partial charge in [0.2, 0.25) is 0 Å². The van der Waals surface area contributed by atoms with Crippen LogP contribution in [-0.2, 0) is 0 Å². The van der Waals surface area contributed by atoms with Crippen LogP contribution < -0.4 is 10.1 Å². The van der Waals surface area contributed by atoms with E-state index in [2.05, 4.69) is 28.3 Å². The third-order valence-electron chi connectivity index (χ3n) is 5.40. The maximum absolute atomic E-state index is 10.0. The van der Waals surface area contributed by atoms with E-state index in [9.17, 15) is 5.11 Å². The van der Waals surface area contributed by atoms with Crippen molar-refractivity contribution in [3.8, 4) is 22.6 Å². The molecule has 0 bridgehead atoms. The predicted molar refractivity (Wildman–Crippen MR) is 115 cm³/mol. The summed E-state index contributed by atoms with van der Waals surface area (Å²) in [6.07, 6.45) is 4.11. The van der Waals surface area contributed by atoms with Crippen LogP contribution in [0.3, 0.4) is 0 Å². The number of halogens is 1. The summed E-state index contributed by atoms with van der Waals surface area (Å²) in [5.74, 6) is 0.318. The number of benzene rings is 2. The molecule has 1 aliphatic heterocycles. The smallest absolute Gasteiger partial charge is 0.176 e. The molecule has 0 aliphatic carbocycles. The van der Waals surface area contributed by atoms with Gasteiger partial charge in [-0.1, -0.05) is 17.7 Å². The van der Waals surface area contributed by atoms with Gasteiger partial charge in [-0.25, -0.2) is 0 Å². The molecule has 0 spiro atoms. The minimum Gasteiger partial charge on any atom is -0.503 e. The number of rotatable bonds is 4. The normalized spacial score (nSPS) is 15.7. The SMILES string of the molecule is COc1cc(-c2ccc3nccc(NC4CCN(C)CC4)c3c2)cc(Cl)c1O. The summed E-state index contributed by atoms with van der Waals surface area (Å²) in [5, 5.41) is 15.1. The van der Waals surface area contributed by atoms with Crippen molar-refractivity contribution in [2.75, 3.05) is 32.6 Å². The fourth-order valence-corrected chi connectivity index (χ4v) is 3.93. The monoisotopic (exact) mass is 397 g/mol. The molecule has 2 heterocycles. The van der Waals surface area contributed by atoms with E-state index < -0.39 is 0 Å². The third kappa shape index (κ3) is 3.73. The highest BCUT2D eigenvalue weighted by Gasteiger charge is 2.17. The standard InChI is InChI=1S/C22H24ClN3O2/c1-26-9-6-16(7-10-26)25-20-5-8-24-19-4-3-14(11-17(19)20)15-12-18(23)22(27)21(13-15)28-2/h3-5,8,11-13,16,27H,6-7,9-10H2,1-2H3,(H,24,25). The van der Waals surface area contributed by atoms with Gasteiger partial charge >= 0.3 is 0 Å². The number of aromatic hydroxyl groups is 1. The molecular formula is C22H24ClN3O2. The van der Waals surface area contributed by atoms with Crippen molar-refractivity contribution < 1.29 is 9.84 Å². The van der Waals surface area contributed by atoms with Crippen LogP contribution in [0, 0.1) is 0 Å². The molecule has 1 aromatic heterocycles. The number of hydrogen-bond acceptors (Lipinski definition) is 5. The highest BCUT2D eigenvalue weighted by molar-refractivity contribution is 6.32. The van der Waals surface area contributed by atoms with Crippen LogP contribution in [-0.4, -0.2) is 48.3 Å². The molecule has 3 aromatic rings. The second kappa shape index (κ2) is 7.86. The fourth-order valence-electron chi connectivity index (χ4n) is 3.72. The van der Waals surface area contributed by atoms with Crippen molar-refractivity contribution in [3.05, 3.63) is 47.6 Å². The number of phenolic OH excluding ortho intramolecular Hbond substituents is 1. The average molecular weight is 398 g/mol. The number of phenols is 1. The van der Waals surface area contributed by atoms with E-state index in [1.165, 1.54) is 7.11 Å². The van der Waals surface area contributed by atoms with Gasteiger partial charge in [0.1, 0.15) is 0 Å². The maximum atomic E-state index is 10.0. The fraction of sp³-hybridized carbons (Fsp3) is 0.318. The lowest BCUT2D eigenvalue weighted by atomic mass is 10.0. The second-order valence-corrected chi connectivity index (χ2v) is 7.73. The zero-order chi connectivity index (χ0) is 19.7. The van der Waals surface area contributed by atoms with E-state index in [0.717, 1.165) is 53.6 Å². The van der Waals surface area contributed by atoms with Crippen molar-refractivity contribution in [2.24, 2.45) is 0 Å². The van der Waals surface area contributed by atoms with E-state index in [1.807, 2.05) is 24.4 Å². The number of aromatic nitrogens is 1.